The van der Waals surface area contributed by atoms with Crippen molar-refractivity contribution in [2.24, 2.45) is 0 Å². The Balaban J connectivity index is 1.67. The predicted octanol–water partition coefficient (Wildman–Crippen LogP) is 1.92. The Hall–Kier alpha value is -2.31. The molecule has 23 heavy (non-hydrogen) atoms. The Morgan fingerprint density at radius 2 is 2.22 bits per heavy atom. The first kappa shape index (κ1) is 15.6. The maximum absolute atomic E-state index is 12.3. The smallest absolute Gasteiger partial charge is 0.316 e. The fraction of sp³-hybridized carbons (Fsp3) is 0.353. The van der Waals surface area contributed by atoms with Gasteiger partial charge in [0, 0.05) is 13.5 Å². The van der Waals surface area contributed by atoms with Crippen LogP contribution in [0.1, 0.15) is 29.0 Å². The van der Waals surface area contributed by atoms with Crippen LogP contribution in [0.3, 0.4) is 0 Å². The van der Waals surface area contributed by atoms with Crippen LogP contribution in [-0.2, 0) is 11.2 Å². The molecular formula is C17H20N2O4. The molecule has 0 bridgehead atoms. The van der Waals surface area contributed by atoms with Crippen molar-refractivity contribution in [2.45, 2.75) is 24.6 Å². The fourth-order valence-electron chi connectivity index (χ4n) is 2.94. The summed E-state index contributed by atoms with van der Waals surface area (Å²) < 4.78 is 10.4. The van der Waals surface area contributed by atoms with Crippen LogP contribution in [0.4, 0.5) is 4.79 Å². The number of ether oxygens (including phenoxy) is 1. The van der Waals surface area contributed by atoms with E-state index in [0.717, 1.165) is 11.1 Å². The van der Waals surface area contributed by atoms with Gasteiger partial charge in [0.15, 0.2) is 0 Å². The molecule has 3 atom stereocenters. The molecule has 0 saturated carbocycles. The molecule has 0 spiro atoms. The molecular weight excluding hydrogens is 296 g/mol. The van der Waals surface area contributed by atoms with Crippen LogP contribution in [0.25, 0.3) is 0 Å². The summed E-state index contributed by atoms with van der Waals surface area (Å²) in [4.78, 5) is 12.3. The van der Waals surface area contributed by atoms with Gasteiger partial charge in [-0.2, -0.15) is 0 Å². The number of aliphatic hydroxyl groups excluding tert-OH is 1. The average Bonchev–Trinajstić information content (AvgIpc) is 3.16. The molecule has 1 aromatic heterocycles. The first-order chi connectivity index (χ1) is 11.2. The lowest BCUT2D eigenvalue weighted by molar-refractivity contribution is 0.136. The first-order valence-corrected chi connectivity index (χ1v) is 7.54. The van der Waals surface area contributed by atoms with Gasteiger partial charge in [-0.25, -0.2) is 4.79 Å². The Kier molecular flexibility index (Phi) is 4.64. The van der Waals surface area contributed by atoms with Gasteiger partial charge in [0.1, 0.15) is 11.8 Å². The van der Waals surface area contributed by atoms with Gasteiger partial charge >= 0.3 is 6.03 Å². The quantitative estimate of drug-likeness (QED) is 0.787. The van der Waals surface area contributed by atoms with Gasteiger partial charge in [0.25, 0.3) is 0 Å². The molecule has 1 aliphatic carbocycles. The summed E-state index contributed by atoms with van der Waals surface area (Å²) >= 11 is 0. The van der Waals surface area contributed by atoms with Crippen molar-refractivity contribution < 1.29 is 19.1 Å². The van der Waals surface area contributed by atoms with E-state index in [4.69, 9.17) is 9.15 Å². The van der Waals surface area contributed by atoms with Crippen LogP contribution in [0, 0.1) is 0 Å². The highest BCUT2D eigenvalue weighted by Gasteiger charge is 2.32. The van der Waals surface area contributed by atoms with Crippen molar-refractivity contribution in [3.05, 3.63) is 59.5 Å². The van der Waals surface area contributed by atoms with E-state index in [2.05, 4.69) is 10.6 Å². The lowest BCUT2D eigenvalue weighted by Crippen LogP contribution is -2.43. The minimum absolute atomic E-state index is 0.296. The van der Waals surface area contributed by atoms with Crippen LogP contribution < -0.4 is 10.6 Å². The zero-order valence-corrected chi connectivity index (χ0v) is 12.9. The number of carbonyl (C=O) groups is 1. The topological polar surface area (TPSA) is 83.7 Å². The predicted molar refractivity (Wildman–Crippen MR) is 83.9 cm³/mol. The second-order valence-electron chi connectivity index (χ2n) is 5.59. The number of rotatable bonds is 5. The molecule has 0 fully saturated rings. The van der Waals surface area contributed by atoms with Crippen molar-refractivity contribution >= 4 is 6.03 Å². The zero-order valence-electron chi connectivity index (χ0n) is 12.9. The fourth-order valence-corrected chi connectivity index (χ4v) is 2.94. The Morgan fingerprint density at radius 3 is 2.96 bits per heavy atom. The number of benzene rings is 1. The largest absolute Gasteiger partial charge is 0.467 e. The van der Waals surface area contributed by atoms with Gasteiger partial charge in [-0.3, -0.25) is 0 Å². The van der Waals surface area contributed by atoms with Gasteiger partial charge in [-0.1, -0.05) is 24.3 Å². The summed E-state index contributed by atoms with van der Waals surface area (Å²) in [5, 5.41) is 15.9. The third-order valence-electron chi connectivity index (χ3n) is 4.02. The van der Waals surface area contributed by atoms with E-state index in [1.807, 2.05) is 24.3 Å². The molecule has 3 N–H and O–H groups in total. The number of hydrogen-bond acceptors (Lipinski definition) is 4. The summed E-state index contributed by atoms with van der Waals surface area (Å²) in [7, 11) is 1.56. The molecule has 0 saturated heterocycles. The standard InChI is InChI=1S/C17H20N2O4/c1-22-10-13(15-7-4-8-23-15)18-17(21)19-16-12-6-3-2-5-11(12)9-14(16)20/h2-8,13-14,16,20H,9-10H2,1H3,(H2,18,19,21). The monoisotopic (exact) mass is 316 g/mol. The van der Waals surface area contributed by atoms with E-state index < -0.39 is 12.1 Å². The summed E-state index contributed by atoms with van der Waals surface area (Å²) in [6.45, 7) is 0.296. The molecule has 6 heteroatoms. The molecule has 1 aliphatic rings. The third kappa shape index (κ3) is 3.38. The van der Waals surface area contributed by atoms with Gasteiger partial charge in [-0.15, -0.1) is 0 Å². The molecule has 3 rings (SSSR count). The molecule has 1 aromatic carbocycles. The molecule has 0 aliphatic heterocycles. The maximum Gasteiger partial charge on any atom is 0.316 e. The van der Waals surface area contributed by atoms with Crippen LogP contribution >= 0.6 is 0 Å². The summed E-state index contributed by atoms with van der Waals surface area (Å²) in [6, 6.07) is 10.1. The first-order valence-electron chi connectivity index (χ1n) is 7.54. The molecule has 3 unspecified atom stereocenters. The number of fused-ring (bicyclic) bond motifs is 1. The van der Waals surface area contributed by atoms with Crippen molar-refractivity contribution in [3.8, 4) is 0 Å². The number of amides is 2. The lowest BCUT2D eigenvalue weighted by atomic mass is 10.1. The molecule has 122 valence electrons. The van der Waals surface area contributed by atoms with Crippen LogP contribution in [0.5, 0.6) is 0 Å². The highest BCUT2D eigenvalue weighted by atomic mass is 16.5. The zero-order chi connectivity index (χ0) is 16.2. The van der Waals surface area contributed by atoms with E-state index in [1.165, 1.54) is 0 Å². The maximum atomic E-state index is 12.3. The van der Waals surface area contributed by atoms with Crippen LogP contribution in [0.15, 0.2) is 47.1 Å². The van der Waals surface area contributed by atoms with Crippen molar-refractivity contribution in [1.82, 2.24) is 10.6 Å². The van der Waals surface area contributed by atoms with Crippen molar-refractivity contribution in [1.29, 1.82) is 0 Å². The van der Waals surface area contributed by atoms with Crippen molar-refractivity contribution in [2.75, 3.05) is 13.7 Å². The minimum atomic E-state index is -0.623. The van der Waals surface area contributed by atoms with Gasteiger partial charge < -0.3 is 24.9 Å². The van der Waals surface area contributed by atoms with Gasteiger partial charge in [0.05, 0.1) is 25.0 Å². The number of hydrogen-bond donors (Lipinski definition) is 3. The van der Waals surface area contributed by atoms with Crippen LogP contribution in [-0.4, -0.2) is 31.0 Å². The minimum Gasteiger partial charge on any atom is -0.467 e. The number of methoxy groups -OCH3 is 1. The normalized spacial score (nSPS) is 20.8. The van der Waals surface area contributed by atoms with E-state index >= 15 is 0 Å². The second kappa shape index (κ2) is 6.85. The number of urea groups is 1. The number of nitrogens with one attached hydrogen (secondary N) is 2. The summed E-state index contributed by atoms with van der Waals surface area (Å²) in [6.07, 6.45) is 1.47. The molecule has 2 aromatic rings. The Morgan fingerprint density at radius 1 is 1.39 bits per heavy atom. The highest BCUT2D eigenvalue weighted by Crippen LogP contribution is 2.31. The summed E-state index contributed by atoms with van der Waals surface area (Å²) in [5.41, 5.74) is 2.02. The lowest BCUT2D eigenvalue weighted by Gasteiger charge is -2.21. The Labute approximate surface area is 134 Å². The number of aliphatic hydroxyl groups is 1. The molecule has 6 nitrogen and oxygen atoms in total. The number of furan rings is 1. The number of carbonyl (C=O) groups excluding carboxylic acids is 1. The molecule has 0 radical (unpaired) electrons. The van der Waals surface area contributed by atoms with Crippen LogP contribution in [0.2, 0.25) is 0 Å². The van der Waals surface area contributed by atoms with E-state index in [9.17, 15) is 9.90 Å². The van der Waals surface area contributed by atoms with Crippen molar-refractivity contribution in [3.63, 3.8) is 0 Å². The average molecular weight is 316 g/mol. The van der Waals surface area contributed by atoms with Gasteiger partial charge in [0.2, 0.25) is 0 Å². The third-order valence-corrected chi connectivity index (χ3v) is 4.02. The van der Waals surface area contributed by atoms with E-state index in [-0.39, 0.29) is 12.1 Å². The highest BCUT2D eigenvalue weighted by molar-refractivity contribution is 5.75. The van der Waals surface area contributed by atoms with E-state index in [1.54, 1.807) is 25.5 Å². The summed E-state index contributed by atoms with van der Waals surface area (Å²) in [5.74, 6) is 0.620. The van der Waals surface area contributed by atoms with E-state index in [0.29, 0.717) is 18.8 Å². The molecule has 1 heterocycles. The second-order valence-corrected chi connectivity index (χ2v) is 5.59. The Bertz CT molecular complexity index is 656. The van der Waals surface area contributed by atoms with Gasteiger partial charge in [-0.05, 0) is 23.3 Å². The SMILES string of the molecule is COCC(NC(=O)NC1c2ccccc2CC1O)c1ccco1. The molecule has 2 amide bonds.